The molecule has 0 radical (unpaired) electrons. The van der Waals surface area contributed by atoms with Crippen molar-refractivity contribution in [1.29, 1.82) is 0 Å². The van der Waals surface area contributed by atoms with Crippen LogP contribution in [0.5, 0.6) is 0 Å². The van der Waals surface area contributed by atoms with Crippen LogP contribution < -0.4 is 20.9 Å². The van der Waals surface area contributed by atoms with Crippen molar-refractivity contribution < 1.29 is 13.6 Å². The van der Waals surface area contributed by atoms with Crippen LogP contribution in [0.25, 0.3) is 0 Å². The van der Waals surface area contributed by atoms with E-state index in [-0.39, 0.29) is 24.4 Å². The molecule has 1 saturated heterocycles. The van der Waals surface area contributed by atoms with Gasteiger partial charge in [0, 0.05) is 51.5 Å². The highest BCUT2D eigenvalue weighted by Crippen LogP contribution is 2.52. The second-order valence-corrected chi connectivity index (χ2v) is 8.28. The Labute approximate surface area is 174 Å². The monoisotopic (exact) mass is 413 g/mol. The van der Waals surface area contributed by atoms with E-state index in [1.165, 1.54) is 12.1 Å². The van der Waals surface area contributed by atoms with Gasteiger partial charge in [-0.3, -0.25) is 4.79 Å². The van der Waals surface area contributed by atoms with Crippen molar-refractivity contribution in [2.24, 2.45) is 5.92 Å². The van der Waals surface area contributed by atoms with Crippen LogP contribution in [0.3, 0.4) is 0 Å². The second kappa shape index (κ2) is 7.83. The van der Waals surface area contributed by atoms with Gasteiger partial charge >= 0.3 is 0 Å². The van der Waals surface area contributed by atoms with Gasteiger partial charge in [-0.15, -0.1) is 0 Å². The topological polar surface area (TPSA) is 69.3 Å². The molecule has 1 amide bonds. The molecular weight excluding hydrogens is 388 g/mol. The maximum absolute atomic E-state index is 14.5. The summed E-state index contributed by atoms with van der Waals surface area (Å²) in [4.78, 5) is 18.7. The van der Waals surface area contributed by atoms with E-state index in [4.69, 9.17) is 0 Å². The fraction of sp³-hybridized carbons (Fsp3) is 0.455. The molecule has 1 aliphatic carbocycles. The first-order valence-corrected chi connectivity index (χ1v) is 10.6. The average Bonchev–Trinajstić information content (AvgIpc) is 3.56. The summed E-state index contributed by atoms with van der Waals surface area (Å²) in [5.41, 5.74) is 2.17. The lowest BCUT2D eigenvalue weighted by Gasteiger charge is -2.30. The number of carbonyl (C=O) groups excluding carboxylic acids is 1. The van der Waals surface area contributed by atoms with Gasteiger partial charge in [-0.05, 0) is 47.9 Å². The molecule has 1 aromatic heterocycles. The zero-order valence-electron chi connectivity index (χ0n) is 16.7. The number of rotatable bonds is 5. The Morgan fingerprint density at radius 1 is 1.20 bits per heavy atom. The number of fused-ring (bicyclic) bond motifs is 3. The van der Waals surface area contributed by atoms with Crippen LogP contribution in [-0.4, -0.2) is 50.2 Å². The Morgan fingerprint density at radius 3 is 2.87 bits per heavy atom. The van der Waals surface area contributed by atoms with Gasteiger partial charge in [-0.25, -0.2) is 13.8 Å². The first-order valence-electron chi connectivity index (χ1n) is 10.6. The van der Waals surface area contributed by atoms with Crippen LogP contribution in [0.1, 0.15) is 33.8 Å². The Hall–Kier alpha value is -2.74. The van der Waals surface area contributed by atoms with Crippen molar-refractivity contribution in [3.05, 3.63) is 52.7 Å². The quantitative estimate of drug-likeness (QED) is 0.702. The van der Waals surface area contributed by atoms with Gasteiger partial charge in [0.1, 0.15) is 17.5 Å². The van der Waals surface area contributed by atoms with Crippen molar-refractivity contribution in [2.75, 3.05) is 49.5 Å². The minimum Gasteiger partial charge on any atom is -0.370 e. The minimum absolute atomic E-state index is 0.223. The van der Waals surface area contributed by atoms with E-state index in [0.29, 0.717) is 36.2 Å². The van der Waals surface area contributed by atoms with E-state index in [1.807, 2.05) is 11.0 Å². The van der Waals surface area contributed by atoms with E-state index < -0.39 is 11.6 Å². The first kappa shape index (κ1) is 19.2. The summed E-state index contributed by atoms with van der Waals surface area (Å²) in [6.45, 7) is 3.98. The Balaban J connectivity index is 1.21. The SMILES string of the molecule is O=C(NCCc1cc(F)c(N2CCNCC2)cc1F)c1cnc2c(c1)C1CC1CN2. The predicted molar refractivity (Wildman–Crippen MR) is 111 cm³/mol. The minimum atomic E-state index is -0.444. The molecule has 8 heteroatoms. The number of halogens is 2. The Morgan fingerprint density at radius 2 is 2.03 bits per heavy atom. The molecule has 0 spiro atoms. The smallest absolute Gasteiger partial charge is 0.252 e. The summed E-state index contributed by atoms with van der Waals surface area (Å²) in [6, 6.07) is 4.42. The summed E-state index contributed by atoms with van der Waals surface area (Å²) in [6.07, 6.45) is 2.93. The summed E-state index contributed by atoms with van der Waals surface area (Å²) >= 11 is 0. The molecule has 2 fully saturated rings. The number of hydrogen-bond donors (Lipinski definition) is 3. The number of carbonyl (C=O) groups is 1. The summed E-state index contributed by atoms with van der Waals surface area (Å²) in [5.74, 6) is 0.914. The lowest BCUT2D eigenvalue weighted by molar-refractivity contribution is 0.0953. The highest BCUT2D eigenvalue weighted by atomic mass is 19.1. The maximum atomic E-state index is 14.5. The van der Waals surface area contributed by atoms with E-state index in [0.717, 1.165) is 37.4 Å². The zero-order chi connectivity index (χ0) is 20.7. The van der Waals surface area contributed by atoms with Crippen LogP contribution in [0.4, 0.5) is 20.3 Å². The molecule has 1 aromatic carbocycles. The zero-order valence-corrected chi connectivity index (χ0v) is 16.7. The summed E-state index contributed by atoms with van der Waals surface area (Å²) in [7, 11) is 0. The van der Waals surface area contributed by atoms with Crippen molar-refractivity contribution in [3.8, 4) is 0 Å². The fourth-order valence-electron chi connectivity index (χ4n) is 4.45. The lowest BCUT2D eigenvalue weighted by Crippen LogP contribution is -2.44. The molecule has 6 nitrogen and oxygen atoms in total. The number of piperazine rings is 1. The van der Waals surface area contributed by atoms with Crippen molar-refractivity contribution in [1.82, 2.24) is 15.6 Å². The van der Waals surface area contributed by atoms with Crippen molar-refractivity contribution in [3.63, 3.8) is 0 Å². The maximum Gasteiger partial charge on any atom is 0.252 e. The third-order valence-electron chi connectivity index (χ3n) is 6.29. The molecule has 0 bridgehead atoms. The normalized spacial score (nSPS) is 22.0. The van der Waals surface area contributed by atoms with Gasteiger partial charge in [-0.1, -0.05) is 0 Å². The van der Waals surface area contributed by atoms with E-state index in [1.54, 1.807) is 6.20 Å². The van der Waals surface area contributed by atoms with E-state index in [2.05, 4.69) is 20.9 Å². The highest BCUT2D eigenvalue weighted by molar-refractivity contribution is 5.94. The molecule has 3 aliphatic rings. The standard InChI is InChI=1S/C22H25F2N5O/c23-18-10-20(29-5-3-25-4-6-29)19(24)9-13(18)1-2-26-22(30)15-8-17-16-7-14(16)11-27-21(17)28-12-15/h8-10,12,14,16,25H,1-7,11H2,(H,26,30)(H,27,28). The molecule has 2 aromatic rings. The number of benzene rings is 1. The molecule has 30 heavy (non-hydrogen) atoms. The Bertz CT molecular complexity index is 976. The van der Waals surface area contributed by atoms with Crippen molar-refractivity contribution in [2.45, 2.75) is 18.8 Å². The Kier molecular flexibility index (Phi) is 5.02. The van der Waals surface area contributed by atoms with Gasteiger partial charge in [-0.2, -0.15) is 0 Å². The number of hydrogen-bond acceptors (Lipinski definition) is 5. The number of nitrogens with one attached hydrogen (secondary N) is 3. The van der Waals surface area contributed by atoms with Gasteiger partial charge < -0.3 is 20.9 Å². The third kappa shape index (κ3) is 3.71. The van der Waals surface area contributed by atoms with Gasteiger partial charge in [0.05, 0.1) is 11.3 Å². The number of amides is 1. The van der Waals surface area contributed by atoms with Gasteiger partial charge in [0.2, 0.25) is 0 Å². The predicted octanol–water partition coefficient (Wildman–Crippen LogP) is 2.27. The highest BCUT2D eigenvalue weighted by Gasteiger charge is 2.43. The van der Waals surface area contributed by atoms with E-state index >= 15 is 0 Å². The molecule has 2 atom stereocenters. The van der Waals surface area contributed by atoms with Crippen LogP contribution in [0.2, 0.25) is 0 Å². The molecule has 158 valence electrons. The summed E-state index contributed by atoms with van der Waals surface area (Å²) < 4.78 is 29.1. The number of pyridine rings is 1. The number of nitrogens with zero attached hydrogens (tertiary/aromatic N) is 2. The van der Waals surface area contributed by atoms with Crippen LogP contribution in [0.15, 0.2) is 24.4 Å². The van der Waals surface area contributed by atoms with E-state index in [9.17, 15) is 13.6 Å². The molecule has 2 unspecified atom stereocenters. The third-order valence-corrected chi connectivity index (χ3v) is 6.29. The van der Waals surface area contributed by atoms with Gasteiger partial charge in [0.25, 0.3) is 5.91 Å². The second-order valence-electron chi connectivity index (χ2n) is 8.28. The van der Waals surface area contributed by atoms with Crippen LogP contribution in [-0.2, 0) is 6.42 Å². The van der Waals surface area contributed by atoms with Crippen molar-refractivity contribution >= 4 is 17.4 Å². The molecular formula is C22H25F2N5O. The fourth-order valence-corrected chi connectivity index (χ4v) is 4.45. The van der Waals surface area contributed by atoms with Gasteiger partial charge in [0.15, 0.2) is 0 Å². The molecule has 5 rings (SSSR count). The van der Waals surface area contributed by atoms with Crippen LogP contribution in [0, 0.1) is 17.6 Å². The molecule has 2 aliphatic heterocycles. The first-order chi connectivity index (χ1) is 14.6. The van der Waals surface area contributed by atoms with Crippen LogP contribution >= 0.6 is 0 Å². The number of anilines is 2. The molecule has 1 saturated carbocycles. The molecule has 3 heterocycles. The summed E-state index contributed by atoms with van der Waals surface area (Å²) in [5, 5.41) is 9.30. The largest absolute Gasteiger partial charge is 0.370 e. The average molecular weight is 413 g/mol. The lowest BCUT2D eigenvalue weighted by atomic mass is 10.0. The number of aromatic nitrogens is 1. The molecule has 3 N–H and O–H groups in total.